The van der Waals surface area contributed by atoms with Crippen LogP contribution < -0.4 is 15.0 Å². The topological polar surface area (TPSA) is 58.6 Å². The Hall–Kier alpha value is -2.04. The summed E-state index contributed by atoms with van der Waals surface area (Å²) in [5.41, 5.74) is 1.84. The van der Waals surface area contributed by atoms with Gasteiger partial charge in [0.05, 0.1) is 12.8 Å². The summed E-state index contributed by atoms with van der Waals surface area (Å²) >= 11 is 0. The molecule has 1 N–H and O–H groups in total. The van der Waals surface area contributed by atoms with Crippen LogP contribution in [0.2, 0.25) is 0 Å². The quantitative estimate of drug-likeness (QED) is 0.912. The number of rotatable bonds is 3. The number of benzene rings is 1. The predicted octanol–water partition coefficient (Wildman–Crippen LogP) is 2.51. The summed E-state index contributed by atoms with van der Waals surface area (Å²) in [6, 6.07) is 5.38. The first-order valence-electron chi connectivity index (χ1n) is 6.32. The summed E-state index contributed by atoms with van der Waals surface area (Å²) in [5.74, 6) is 0.800. The molecule has 5 nitrogen and oxygen atoms in total. The molecule has 0 unspecified atom stereocenters. The Morgan fingerprint density at radius 2 is 2.11 bits per heavy atom. The van der Waals surface area contributed by atoms with Crippen molar-refractivity contribution in [2.45, 2.75) is 26.2 Å². The Bertz CT molecular complexity index is 517. The number of urea groups is 1. The van der Waals surface area contributed by atoms with Crippen LogP contribution in [0.1, 0.15) is 33.2 Å². The molecule has 1 saturated heterocycles. The third-order valence-corrected chi connectivity index (χ3v) is 3.22. The van der Waals surface area contributed by atoms with E-state index in [0.29, 0.717) is 30.3 Å². The minimum atomic E-state index is -0.396. The highest BCUT2D eigenvalue weighted by Gasteiger charge is 2.26. The minimum Gasteiger partial charge on any atom is -0.495 e. The van der Waals surface area contributed by atoms with Gasteiger partial charge in [-0.2, -0.15) is 0 Å². The van der Waals surface area contributed by atoms with Crippen LogP contribution in [0.5, 0.6) is 5.75 Å². The molecule has 5 heteroatoms. The molecule has 0 spiro atoms. The Balaban J connectivity index is 0.00000200. The number of imide groups is 1. The van der Waals surface area contributed by atoms with Crippen molar-refractivity contribution >= 4 is 17.6 Å². The van der Waals surface area contributed by atoms with Crippen LogP contribution >= 0.6 is 0 Å². The molecule has 104 valence electrons. The van der Waals surface area contributed by atoms with E-state index in [1.54, 1.807) is 7.11 Å². The molecule has 0 aromatic heterocycles. The van der Waals surface area contributed by atoms with E-state index in [1.165, 1.54) is 4.90 Å². The van der Waals surface area contributed by atoms with Gasteiger partial charge in [-0.25, -0.2) is 4.79 Å². The second kappa shape index (κ2) is 5.30. The SMILES string of the molecule is COc1cc(C(C)C)ccc1N1CCC(=O)NC1=O.[HH]. The first-order valence-corrected chi connectivity index (χ1v) is 6.32. The zero-order valence-corrected chi connectivity index (χ0v) is 11.4. The fourth-order valence-electron chi connectivity index (χ4n) is 2.07. The Morgan fingerprint density at radius 1 is 1.37 bits per heavy atom. The van der Waals surface area contributed by atoms with E-state index in [-0.39, 0.29) is 7.33 Å². The van der Waals surface area contributed by atoms with Gasteiger partial charge in [0.2, 0.25) is 5.91 Å². The molecule has 2 rings (SSSR count). The largest absolute Gasteiger partial charge is 0.495 e. The number of ether oxygens (including phenoxy) is 1. The first-order chi connectivity index (χ1) is 9.02. The van der Waals surface area contributed by atoms with E-state index in [0.717, 1.165) is 5.56 Å². The molecule has 0 saturated carbocycles. The van der Waals surface area contributed by atoms with Gasteiger partial charge in [0, 0.05) is 14.4 Å². The zero-order valence-electron chi connectivity index (χ0n) is 11.4. The Labute approximate surface area is 114 Å². The van der Waals surface area contributed by atoms with Crippen molar-refractivity contribution in [2.75, 3.05) is 18.6 Å². The van der Waals surface area contributed by atoms with Crippen molar-refractivity contribution < 1.29 is 15.8 Å². The maximum absolute atomic E-state index is 11.8. The molecule has 1 aliphatic heterocycles. The summed E-state index contributed by atoms with van der Waals surface area (Å²) < 4.78 is 5.36. The van der Waals surface area contributed by atoms with Gasteiger partial charge in [-0.3, -0.25) is 15.0 Å². The Morgan fingerprint density at radius 3 is 2.68 bits per heavy atom. The summed E-state index contributed by atoms with van der Waals surface area (Å²) in [6.45, 7) is 4.57. The minimum absolute atomic E-state index is 0. The molecule has 19 heavy (non-hydrogen) atoms. The van der Waals surface area contributed by atoms with E-state index >= 15 is 0 Å². The van der Waals surface area contributed by atoms with Crippen molar-refractivity contribution in [1.82, 2.24) is 5.32 Å². The summed E-state index contributed by atoms with van der Waals surface area (Å²) in [4.78, 5) is 24.5. The van der Waals surface area contributed by atoms with Gasteiger partial charge < -0.3 is 4.74 Å². The van der Waals surface area contributed by atoms with E-state index in [2.05, 4.69) is 19.2 Å². The highest BCUT2D eigenvalue weighted by atomic mass is 16.5. The third kappa shape index (κ3) is 2.70. The second-order valence-corrected chi connectivity index (χ2v) is 4.84. The highest BCUT2D eigenvalue weighted by Crippen LogP contribution is 2.32. The van der Waals surface area contributed by atoms with Gasteiger partial charge in [-0.05, 0) is 23.6 Å². The van der Waals surface area contributed by atoms with Crippen molar-refractivity contribution in [3.8, 4) is 5.75 Å². The number of carbonyl (C=O) groups excluding carboxylic acids is 2. The smallest absolute Gasteiger partial charge is 0.328 e. The van der Waals surface area contributed by atoms with Gasteiger partial charge in [-0.15, -0.1) is 0 Å². The molecule has 0 bridgehead atoms. The lowest BCUT2D eigenvalue weighted by Gasteiger charge is -2.28. The molecular formula is C14H20N2O3. The van der Waals surface area contributed by atoms with E-state index < -0.39 is 6.03 Å². The molecule has 1 aromatic carbocycles. The number of anilines is 1. The van der Waals surface area contributed by atoms with Gasteiger partial charge in [0.1, 0.15) is 5.75 Å². The molecule has 0 aliphatic carbocycles. The van der Waals surface area contributed by atoms with Crippen LogP contribution in [0, 0.1) is 0 Å². The fraction of sp³-hybridized carbons (Fsp3) is 0.429. The van der Waals surface area contributed by atoms with Crippen molar-refractivity contribution in [3.05, 3.63) is 23.8 Å². The van der Waals surface area contributed by atoms with Crippen LogP contribution in [0.4, 0.5) is 10.5 Å². The van der Waals surface area contributed by atoms with Crippen LogP contribution in [0.3, 0.4) is 0 Å². The van der Waals surface area contributed by atoms with E-state index in [1.807, 2.05) is 18.2 Å². The summed E-state index contributed by atoms with van der Waals surface area (Å²) in [6.07, 6.45) is 0.306. The van der Waals surface area contributed by atoms with Crippen LogP contribution in [-0.4, -0.2) is 25.6 Å². The lowest BCUT2D eigenvalue weighted by Crippen LogP contribution is -2.49. The second-order valence-electron chi connectivity index (χ2n) is 4.84. The average molecular weight is 264 g/mol. The predicted molar refractivity (Wildman–Crippen MR) is 74.7 cm³/mol. The monoisotopic (exact) mass is 264 g/mol. The van der Waals surface area contributed by atoms with Gasteiger partial charge in [0.15, 0.2) is 0 Å². The number of methoxy groups -OCH3 is 1. The molecule has 1 fully saturated rings. The average Bonchev–Trinajstić information content (AvgIpc) is 2.38. The van der Waals surface area contributed by atoms with E-state index in [4.69, 9.17) is 4.74 Å². The molecular weight excluding hydrogens is 244 g/mol. The number of carbonyl (C=O) groups is 2. The van der Waals surface area contributed by atoms with Gasteiger partial charge >= 0.3 is 6.03 Å². The number of amides is 3. The molecule has 1 aromatic rings. The van der Waals surface area contributed by atoms with E-state index in [9.17, 15) is 9.59 Å². The Kier molecular flexibility index (Phi) is 3.74. The molecule has 0 atom stereocenters. The fourth-order valence-corrected chi connectivity index (χ4v) is 2.07. The van der Waals surface area contributed by atoms with Gasteiger partial charge in [-0.1, -0.05) is 19.9 Å². The maximum atomic E-state index is 11.8. The lowest BCUT2D eigenvalue weighted by atomic mass is 10.0. The third-order valence-electron chi connectivity index (χ3n) is 3.22. The van der Waals surface area contributed by atoms with Crippen molar-refractivity contribution in [3.63, 3.8) is 0 Å². The highest BCUT2D eigenvalue weighted by molar-refractivity contribution is 6.06. The van der Waals surface area contributed by atoms with Crippen LogP contribution in [-0.2, 0) is 4.79 Å². The van der Waals surface area contributed by atoms with Crippen molar-refractivity contribution in [2.24, 2.45) is 0 Å². The number of nitrogens with zero attached hydrogens (tertiary/aromatic N) is 1. The summed E-state index contributed by atoms with van der Waals surface area (Å²) in [5, 5.41) is 2.31. The first kappa shape index (κ1) is 13.4. The van der Waals surface area contributed by atoms with Gasteiger partial charge in [0.25, 0.3) is 0 Å². The maximum Gasteiger partial charge on any atom is 0.328 e. The molecule has 3 amide bonds. The molecule has 0 radical (unpaired) electrons. The normalized spacial score (nSPS) is 15.7. The number of hydrogen-bond donors (Lipinski definition) is 1. The lowest BCUT2D eigenvalue weighted by molar-refractivity contribution is -0.120. The van der Waals surface area contributed by atoms with Crippen molar-refractivity contribution in [1.29, 1.82) is 0 Å². The standard InChI is InChI=1S/C14H18N2O3.H2/c1-9(2)10-4-5-11(12(8-10)19-3)16-7-6-13(17)15-14(16)18;/h4-5,8-9H,6-7H2,1-3H3,(H,15,17,18);1H. The number of hydrogen-bond acceptors (Lipinski definition) is 3. The zero-order chi connectivity index (χ0) is 14.0. The van der Waals surface area contributed by atoms with Crippen LogP contribution in [0.25, 0.3) is 0 Å². The molecule has 1 aliphatic rings. The summed E-state index contributed by atoms with van der Waals surface area (Å²) in [7, 11) is 1.58. The number of nitrogens with one attached hydrogen (secondary N) is 1. The van der Waals surface area contributed by atoms with Crippen LogP contribution in [0.15, 0.2) is 18.2 Å². The molecule has 1 heterocycles.